The number of hydrogen-bond acceptors (Lipinski definition) is 5. The fraction of sp³-hybridized carbons (Fsp3) is 0.333. The van der Waals surface area contributed by atoms with Crippen molar-refractivity contribution < 1.29 is 9.53 Å². The van der Waals surface area contributed by atoms with Gasteiger partial charge in [0.05, 0.1) is 4.91 Å². The Bertz CT molecular complexity index is 674. The highest BCUT2D eigenvalue weighted by atomic mass is 32.2. The summed E-state index contributed by atoms with van der Waals surface area (Å²) in [5.41, 5.74) is 0.964. The fourth-order valence-corrected chi connectivity index (χ4v) is 3.46. The smallest absolute Gasteiger partial charge is 0.286 e. The van der Waals surface area contributed by atoms with E-state index in [1.807, 2.05) is 30.3 Å². The van der Waals surface area contributed by atoms with Gasteiger partial charge in [0.1, 0.15) is 12.4 Å². The van der Waals surface area contributed by atoms with E-state index in [-0.39, 0.29) is 5.91 Å². The van der Waals surface area contributed by atoms with E-state index >= 15 is 0 Å². The van der Waals surface area contributed by atoms with Gasteiger partial charge >= 0.3 is 0 Å². The number of piperazine rings is 1. The molecule has 1 aromatic rings. The van der Waals surface area contributed by atoms with Crippen LogP contribution in [0.5, 0.6) is 5.75 Å². The SMILES string of the molecule is C=CCOc1ccc(/C=C2\SC(N3CCN(C)CC3)=NC2=O)cc1. The van der Waals surface area contributed by atoms with Gasteiger partial charge in [0, 0.05) is 26.2 Å². The van der Waals surface area contributed by atoms with Crippen molar-refractivity contribution in [2.24, 2.45) is 4.99 Å². The van der Waals surface area contributed by atoms with E-state index in [1.54, 1.807) is 6.08 Å². The van der Waals surface area contributed by atoms with Crippen LogP contribution in [0.3, 0.4) is 0 Å². The molecule has 0 radical (unpaired) electrons. The molecule has 6 heteroatoms. The Morgan fingerprint density at radius 3 is 2.62 bits per heavy atom. The van der Waals surface area contributed by atoms with Crippen molar-refractivity contribution in [1.29, 1.82) is 0 Å². The van der Waals surface area contributed by atoms with Gasteiger partial charge in [-0.2, -0.15) is 4.99 Å². The molecule has 1 aromatic carbocycles. The first-order valence-corrected chi connectivity index (χ1v) is 8.77. The highest BCUT2D eigenvalue weighted by Crippen LogP contribution is 2.30. The average molecular weight is 343 g/mol. The number of carbonyl (C=O) groups excluding carboxylic acids is 1. The van der Waals surface area contributed by atoms with Crippen LogP contribution in [0.4, 0.5) is 0 Å². The summed E-state index contributed by atoms with van der Waals surface area (Å²) in [5, 5.41) is 0.824. The predicted molar refractivity (Wildman–Crippen MR) is 99.2 cm³/mol. The summed E-state index contributed by atoms with van der Waals surface area (Å²) in [6.07, 6.45) is 3.60. The highest BCUT2D eigenvalue weighted by Gasteiger charge is 2.27. The van der Waals surface area contributed by atoms with Gasteiger partial charge in [-0.25, -0.2) is 0 Å². The van der Waals surface area contributed by atoms with Crippen molar-refractivity contribution in [3.05, 3.63) is 47.4 Å². The lowest BCUT2D eigenvalue weighted by atomic mass is 10.2. The lowest BCUT2D eigenvalue weighted by Gasteiger charge is -2.32. The molecule has 0 atom stereocenters. The summed E-state index contributed by atoms with van der Waals surface area (Å²) in [5.74, 6) is 0.637. The Hall–Kier alpha value is -2.05. The minimum atomic E-state index is -0.152. The zero-order valence-electron chi connectivity index (χ0n) is 13.8. The highest BCUT2D eigenvalue weighted by molar-refractivity contribution is 8.18. The zero-order valence-corrected chi connectivity index (χ0v) is 14.6. The predicted octanol–water partition coefficient (Wildman–Crippen LogP) is 2.47. The molecule has 0 aliphatic carbocycles. The normalized spacial score (nSPS) is 20.4. The van der Waals surface area contributed by atoms with Crippen molar-refractivity contribution in [3.8, 4) is 5.75 Å². The van der Waals surface area contributed by atoms with Crippen molar-refractivity contribution in [2.45, 2.75) is 0 Å². The molecule has 126 valence electrons. The molecule has 0 unspecified atom stereocenters. The van der Waals surface area contributed by atoms with Crippen molar-refractivity contribution in [2.75, 3.05) is 39.8 Å². The van der Waals surface area contributed by atoms with Gasteiger partial charge in [-0.15, -0.1) is 0 Å². The maximum Gasteiger partial charge on any atom is 0.286 e. The van der Waals surface area contributed by atoms with Gasteiger partial charge in [0.15, 0.2) is 5.17 Å². The van der Waals surface area contributed by atoms with Crippen LogP contribution in [-0.4, -0.2) is 60.7 Å². The summed E-state index contributed by atoms with van der Waals surface area (Å²) in [4.78, 5) is 21.5. The first-order valence-electron chi connectivity index (χ1n) is 7.95. The summed E-state index contributed by atoms with van der Waals surface area (Å²) < 4.78 is 5.46. The first-order chi connectivity index (χ1) is 11.7. The van der Waals surface area contributed by atoms with Crippen LogP contribution in [0.15, 0.2) is 46.8 Å². The van der Waals surface area contributed by atoms with E-state index in [2.05, 4.69) is 28.4 Å². The van der Waals surface area contributed by atoms with Gasteiger partial charge in [0.25, 0.3) is 5.91 Å². The molecule has 0 saturated carbocycles. The third-order valence-corrected chi connectivity index (χ3v) is 4.97. The molecular formula is C18H21N3O2S. The standard InChI is InChI=1S/C18H21N3O2S/c1-3-12-23-15-6-4-14(5-7-15)13-16-17(22)19-18(24-16)21-10-8-20(2)9-11-21/h3-7,13H,1,8-12H2,2H3/b16-13-. The topological polar surface area (TPSA) is 45.1 Å². The van der Waals surface area contributed by atoms with Gasteiger partial charge in [-0.1, -0.05) is 24.8 Å². The zero-order chi connectivity index (χ0) is 16.9. The van der Waals surface area contributed by atoms with Crippen LogP contribution in [-0.2, 0) is 4.79 Å². The van der Waals surface area contributed by atoms with Crippen LogP contribution < -0.4 is 4.74 Å². The summed E-state index contributed by atoms with van der Waals surface area (Å²) >= 11 is 1.46. The van der Waals surface area contributed by atoms with E-state index in [4.69, 9.17) is 4.74 Å². The Morgan fingerprint density at radius 2 is 1.96 bits per heavy atom. The number of nitrogens with zero attached hydrogens (tertiary/aromatic N) is 3. The number of amides is 1. The number of carbonyl (C=O) groups is 1. The molecule has 1 amide bonds. The van der Waals surface area contributed by atoms with E-state index in [1.165, 1.54) is 11.8 Å². The van der Waals surface area contributed by atoms with Crippen LogP contribution in [0.2, 0.25) is 0 Å². The van der Waals surface area contributed by atoms with Crippen molar-refractivity contribution in [3.63, 3.8) is 0 Å². The molecule has 3 rings (SSSR count). The van der Waals surface area contributed by atoms with E-state index in [0.29, 0.717) is 11.5 Å². The van der Waals surface area contributed by atoms with E-state index in [0.717, 1.165) is 42.7 Å². The molecule has 5 nitrogen and oxygen atoms in total. The minimum Gasteiger partial charge on any atom is -0.490 e. The molecular weight excluding hydrogens is 322 g/mol. The fourth-order valence-electron chi connectivity index (χ4n) is 2.50. The molecule has 1 fully saturated rings. The summed E-state index contributed by atoms with van der Waals surface area (Å²) in [6.45, 7) is 7.94. The van der Waals surface area contributed by atoms with Crippen molar-refractivity contribution in [1.82, 2.24) is 9.80 Å². The number of rotatable bonds is 4. The maximum absolute atomic E-state index is 12.2. The minimum absolute atomic E-state index is 0.152. The Labute approximate surface area is 146 Å². The van der Waals surface area contributed by atoms with Gasteiger partial charge < -0.3 is 14.5 Å². The monoisotopic (exact) mass is 343 g/mol. The second-order valence-corrected chi connectivity index (χ2v) is 6.78. The van der Waals surface area contributed by atoms with Gasteiger partial charge in [-0.3, -0.25) is 4.79 Å². The molecule has 0 bridgehead atoms. The van der Waals surface area contributed by atoms with Crippen LogP contribution in [0.25, 0.3) is 6.08 Å². The maximum atomic E-state index is 12.2. The summed E-state index contributed by atoms with van der Waals surface area (Å²) in [6, 6.07) is 7.66. The largest absolute Gasteiger partial charge is 0.490 e. The quantitative estimate of drug-likeness (QED) is 0.621. The molecule has 1 saturated heterocycles. The summed E-state index contributed by atoms with van der Waals surface area (Å²) in [7, 11) is 2.11. The number of thioether (sulfide) groups is 1. The number of amidine groups is 1. The Balaban J connectivity index is 1.64. The lowest BCUT2D eigenvalue weighted by Crippen LogP contribution is -2.46. The van der Waals surface area contributed by atoms with Gasteiger partial charge in [-0.05, 0) is 42.6 Å². The second-order valence-electron chi connectivity index (χ2n) is 5.77. The van der Waals surface area contributed by atoms with Crippen LogP contribution in [0.1, 0.15) is 5.56 Å². The Kier molecular flexibility index (Phi) is 5.37. The first kappa shape index (κ1) is 16.8. The number of ether oxygens (including phenoxy) is 1. The second kappa shape index (κ2) is 7.68. The van der Waals surface area contributed by atoms with E-state index in [9.17, 15) is 4.79 Å². The third kappa shape index (κ3) is 4.07. The molecule has 0 aromatic heterocycles. The van der Waals surface area contributed by atoms with Crippen LogP contribution in [0, 0.1) is 0 Å². The van der Waals surface area contributed by atoms with E-state index < -0.39 is 0 Å². The number of likely N-dealkylation sites (N-methyl/N-ethyl adjacent to an activating group) is 1. The molecule has 2 heterocycles. The lowest BCUT2D eigenvalue weighted by molar-refractivity contribution is -0.113. The third-order valence-electron chi connectivity index (χ3n) is 3.93. The van der Waals surface area contributed by atoms with Gasteiger partial charge in [0.2, 0.25) is 0 Å². The number of benzene rings is 1. The molecule has 0 spiro atoms. The molecule has 2 aliphatic rings. The number of aliphatic imine (C=N–C) groups is 1. The molecule has 24 heavy (non-hydrogen) atoms. The van der Waals surface area contributed by atoms with Crippen LogP contribution >= 0.6 is 11.8 Å². The molecule has 0 N–H and O–H groups in total. The Morgan fingerprint density at radius 1 is 1.25 bits per heavy atom. The van der Waals surface area contributed by atoms with Crippen molar-refractivity contribution >= 4 is 28.9 Å². The average Bonchev–Trinajstić information content (AvgIpc) is 2.95. The molecule has 2 aliphatic heterocycles. The number of hydrogen-bond donors (Lipinski definition) is 0.